The van der Waals surface area contributed by atoms with Crippen molar-refractivity contribution in [2.75, 3.05) is 0 Å². The summed E-state index contributed by atoms with van der Waals surface area (Å²) in [7, 11) is 1.61. The molecule has 0 atom stereocenters. The number of hydrogen-bond acceptors (Lipinski definition) is 2. The lowest BCUT2D eigenvalue weighted by atomic mass is 10.0. The summed E-state index contributed by atoms with van der Waals surface area (Å²) in [5.74, 6) is -2.98. The summed E-state index contributed by atoms with van der Waals surface area (Å²) in [6.45, 7) is 0. The van der Waals surface area contributed by atoms with Crippen molar-refractivity contribution in [2.45, 2.75) is 12.8 Å². The molecule has 0 aliphatic carbocycles. The fourth-order valence-electron chi connectivity index (χ4n) is 2.91. The van der Waals surface area contributed by atoms with Crippen LogP contribution in [0.3, 0.4) is 0 Å². The largest absolute Gasteiger partial charge is 0.700 e. The van der Waals surface area contributed by atoms with Gasteiger partial charge in [0.1, 0.15) is 0 Å². The highest BCUT2D eigenvalue weighted by Crippen LogP contribution is 2.35. The number of carboxylic acid groups (broad SMARTS) is 1. The van der Waals surface area contributed by atoms with E-state index >= 15 is 0 Å². The third kappa shape index (κ3) is 2.25. The predicted octanol–water partition coefficient (Wildman–Crippen LogP) is 3.44. The first-order valence-electron chi connectivity index (χ1n) is 7.31. The van der Waals surface area contributed by atoms with E-state index in [0.29, 0.717) is 0 Å². The standard InChI is InChI=1S/C16H11BF2N2O2S/c18-15-11(5-6-14(22)23)21-12(16(15)19)8-9-3-4-10(20(9)17-21)13-2-1-7-24-13/h1-4,7-8H,5-6H2,(H,22,23)/q+1. The molecule has 0 aromatic carbocycles. The van der Waals surface area contributed by atoms with Crippen molar-refractivity contribution in [3.63, 3.8) is 0 Å². The third-order valence-corrected chi connectivity index (χ3v) is 4.93. The van der Waals surface area contributed by atoms with Crippen molar-refractivity contribution in [1.29, 1.82) is 0 Å². The van der Waals surface area contributed by atoms with E-state index in [9.17, 15) is 13.6 Å². The lowest BCUT2D eigenvalue weighted by molar-refractivity contribution is -0.318. The highest BCUT2D eigenvalue weighted by Gasteiger charge is 2.43. The van der Waals surface area contributed by atoms with Crippen molar-refractivity contribution < 1.29 is 23.2 Å². The zero-order chi connectivity index (χ0) is 16.8. The summed E-state index contributed by atoms with van der Waals surface area (Å²) in [6.07, 6.45) is 1.23. The molecule has 0 saturated heterocycles. The van der Waals surface area contributed by atoms with E-state index in [2.05, 4.69) is 0 Å². The number of halogens is 2. The molecule has 4 nitrogen and oxygen atoms in total. The lowest BCUT2D eigenvalue weighted by Crippen LogP contribution is -2.30. The molecule has 24 heavy (non-hydrogen) atoms. The van der Waals surface area contributed by atoms with Crippen LogP contribution in [-0.2, 0) is 4.79 Å². The maximum absolute atomic E-state index is 14.2. The zero-order valence-corrected chi connectivity index (χ0v) is 13.2. The first kappa shape index (κ1) is 15.1. The minimum absolute atomic E-state index is 0.0395. The van der Waals surface area contributed by atoms with Gasteiger partial charge >= 0.3 is 13.5 Å². The van der Waals surface area contributed by atoms with Crippen molar-refractivity contribution >= 4 is 36.6 Å². The van der Waals surface area contributed by atoms with Gasteiger partial charge in [-0.3, -0.25) is 9.28 Å². The van der Waals surface area contributed by atoms with Crippen molar-refractivity contribution in [3.05, 3.63) is 52.7 Å². The van der Waals surface area contributed by atoms with Crippen molar-refractivity contribution in [3.8, 4) is 10.6 Å². The van der Waals surface area contributed by atoms with Gasteiger partial charge in [-0.05, 0) is 23.6 Å². The van der Waals surface area contributed by atoms with Gasteiger partial charge in [-0.2, -0.15) is 8.78 Å². The Hall–Kier alpha value is -2.48. The second-order valence-electron chi connectivity index (χ2n) is 5.47. The Morgan fingerprint density at radius 1 is 1.29 bits per heavy atom. The van der Waals surface area contributed by atoms with E-state index in [-0.39, 0.29) is 24.3 Å². The van der Waals surface area contributed by atoms with Crippen molar-refractivity contribution in [2.24, 2.45) is 0 Å². The molecule has 0 fully saturated rings. The van der Waals surface area contributed by atoms with Gasteiger partial charge in [0.05, 0.1) is 12.1 Å². The molecule has 2 aliphatic heterocycles. The van der Waals surface area contributed by atoms with Gasteiger partial charge < -0.3 is 9.58 Å². The lowest BCUT2D eigenvalue weighted by Gasteiger charge is -2.12. The number of thiophene rings is 1. The highest BCUT2D eigenvalue weighted by atomic mass is 32.1. The Bertz CT molecular complexity index is 941. The molecule has 0 bridgehead atoms. The highest BCUT2D eigenvalue weighted by molar-refractivity contribution is 7.13. The molecule has 0 amide bonds. The maximum Gasteiger partial charge on any atom is 0.700 e. The van der Waals surface area contributed by atoms with E-state index in [1.165, 1.54) is 4.49 Å². The molecule has 4 rings (SSSR count). The van der Waals surface area contributed by atoms with Crippen molar-refractivity contribution in [1.82, 2.24) is 4.48 Å². The molecule has 1 N–H and O–H groups in total. The fourth-order valence-corrected chi connectivity index (χ4v) is 3.66. The molecule has 2 aliphatic rings. The molecule has 1 radical (unpaired) electrons. The SMILES string of the molecule is O=C(O)CCC1=[N+]2[B]n3c(ccc3-c3cccs3)C=C2C(F)=C1F. The van der Waals surface area contributed by atoms with Gasteiger partial charge in [0, 0.05) is 23.1 Å². The first-order chi connectivity index (χ1) is 11.6. The Kier molecular flexibility index (Phi) is 3.49. The van der Waals surface area contributed by atoms with Gasteiger partial charge in [0.25, 0.3) is 0 Å². The molecule has 4 heterocycles. The number of carbonyl (C=O) groups is 1. The number of carboxylic acids is 1. The molecule has 0 saturated carbocycles. The van der Waals surface area contributed by atoms with Crippen LogP contribution in [-0.4, -0.2) is 33.3 Å². The second-order valence-corrected chi connectivity index (χ2v) is 6.42. The van der Waals surface area contributed by atoms with Gasteiger partial charge in [-0.1, -0.05) is 6.07 Å². The van der Waals surface area contributed by atoms with Crippen LogP contribution in [0.5, 0.6) is 0 Å². The van der Waals surface area contributed by atoms with Gasteiger partial charge in [-0.15, -0.1) is 11.3 Å². The Morgan fingerprint density at radius 2 is 2.12 bits per heavy atom. The quantitative estimate of drug-likeness (QED) is 0.864. The summed E-state index contributed by atoms with van der Waals surface area (Å²) in [5.41, 5.74) is 1.81. The van der Waals surface area contributed by atoms with E-state index in [1.54, 1.807) is 25.0 Å². The minimum atomic E-state index is -1.05. The molecule has 2 aromatic rings. The second kappa shape index (κ2) is 5.56. The van der Waals surface area contributed by atoms with E-state index in [4.69, 9.17) is 5.11 Å². The van der Waals surface area contributed by atoms with E-state index in [1.807, 2.05) is 34.1 Å². The average Bonchev–Trinajstić information content (AvgIpc) is 3.25. The normalized spacial score (nSPS) is 16.0. The van der Waals surface area contributed by atoms with Crippen LogP contribution in [0.1, 0.15) is 18.5 Å². The molecule has 0 unspecified atom stereocenters. The van der Waals surface area contributed by atoms with Crippen LogP contribution in [0.15, 0.2) is 47.0 Å². The zero-order valence-electron chi connectivity index (χ0n) is 12.4. The number of hydrogen-bond donors (Lipinski definition) is 1. The predicted molar refractivity (Wildman–Crippen MR) is 88.3 cm³/mol. The summed E-state index contributed by atoms with van der Waals surface area (Å²) in [5, 5.41) is 10.8. The van der Waals surface area contributed by atoms with Crippen LogP contribution >= 0.6 is 11.3 Å². The molecular weight excluding hydrogens is 333 g/mol. The smallest absolute Gasteiger partial charge is 0.481 e. The number of aliphatic carboxylic acids is 1. The summed E-state index contributed by atoms with van der Waals surface area (Å²) < 4.78 is 31.7. The van der Waals surface area contributed by atoms with Crippen LogP contribution < -0.4 is 0 Å². The Labute approximate surface area is 141 Å². The van der Waals surface area contributed by atoms with Gasteiger partial charge in [-0.25, -0.2) is 0 Å². The van der Waals surface area contributed by atoms with Gasteiger partial charge in [0.2, 0.25) is 17.4 Å². The number of nitrogens with zero attached hydrogens (tertiary/aromatic N) is 2. The third-order valence-electron chi connectivity index (χ3n) is 4.04. The average molecular weight is 344 g/mol. The number of aromatic nitrogens is 1. The monoisotopic (exact) mass is 344 g/mol. The Morgan fingerprint density at radius 3 is 2.83 bits per heavy atom. The number of allylic oxidation sites excluding steroid dienone is 2. The molecule has 0 spiro atoms. The van der Waals surface area contributed by atoms with Crippen LogP contribution in [0, 0.1) is 0 Å². The van der Waals surface area contributed by atoms with Crippen LogP contribution in [0.25, 0.3) is 16.6 Å². The summed E-state index contributed by atoms with van der Waals surface area (Å²) >= 11 is 1.57. The maximum atomic E-state index is 14.2. The molecule has 2 aromatic heterocycles. The number of fused-ring (bicyclic) bond motifs is 2. The summed E-state index contributed by atoms with van der Waals surface area (Å²) in [6, 6.07) is 7.67. The summed E-state index contributed by atoms with van der Waals surface area (Å²) in [4.78, 5) is 11.8. The molecule has 119 valence electrons. The Balaban J connectivity index is 1.79. The number of rotatable bonds is 4. The molecular formula is C16H11BF2N2O2S+. The van der Waals surface area contributed by atoms with Crippen LogP contribution in [0.4, 0.5) is 8.78 Å². The van der Waals surface area contributed by atoms with Crippen LogP contribution in [0.2, 0.25) is 0 Å². The van der Waals surface area contributed by atoms with E-state index < -0.39 is 17.6 Å². The van der Waals surface area contributed by atoms with E-state index in [0.717, 1.165) is 16.3 Å². The molecule has 8 heteroatoms. The fraction of sp³-hybridized carbons (Fsp3) is 0.125. The first-order valence-corrected chi connectivity index (χ1v) is 8.19. The minimum Gasteiger partial charge on any atom is -0.481 e. The van der Waals surface area contributed by atoms with Gasteiger partial charge in [0.15, 0.2) is 5.71 Å². The topological polar surface area (TPSA) is 45.2 Å².